The van der Waals surface area contributed by atoms with Crippen LogP contribution in [0.5, 0.6) is 5.75 Å². The van der Waals surface area contributed by atoms with Crippen LogP contribution in [0, 0.1) is 11.8 Å². The van der Waals surface area contributed by atoms with Gasteiger partial charge in [-0.15, -0.1) is 0 Å². The predicted octanol–water partition coefficient (Wildman–Crippen LogP) is 5.23. The minimum Gasteiger partial charge on any atom is -0.490 e. The highest BCUT2D eigenvalue weighted by molar-refractivity contribution is 7.89. The molecule has 0 bridgehead atoms. The largest absolute Gasteiger partial charge is 0.490 e. The van der Waals surface area contributed by atoms with Crippen molar-refractivity contribution in [3.05, 3.63) is 58.1 Å². The Labute approximate surface area is 258 Å². The number of carbonyl (C=O) groups is 1. The van der Waals surface area contributed by atoms with E-state index in [4.69, 9.17) is 31.1 Å². The molecule has 2 aliphatic carbocycles. The van der Waals surface area contributed by atoms with Gasteiger partial charge in [-0.2, -0.15) is 0 Å². The molecule has 4 aliphatic rings. The van der Waals surface area contributed by atoms with Gasteiger partial charge in [0.1, 0.15) is 11.9 Å². The van der Waals surface area contributed by atoms with E-state index in [2.05, 4.69) is 22.2 Å². The summed E-state index contributed by atoms with van der Waals surface area (Å²) in [7, 11) is -2.16. The van der Waals surface area contributed by atoms with Crippen molar-refractivity contribution in [1.82, 2.24) is 0 Å². The number of rotatable bonds is 8. The van der Waals surface area contributed by atoms with Crippen LogP contribution < -0.4 is 14.8 Å². The maximum absolute atomic E-state index is 12.5. The number of halogens is 1. The highest BCUT2D eigenvalue weighted by Gasteiger charge is 2.46. The molecule has 9 nitrogen and oxygen atoms in total. The molecule has 2 aromatic rings. The molecule has 0 saturated heterocycles. The van der Waals surface area contributed by atoms with Gasteiger partial charge >= 0.3 is 5.97 Å². The molecule has 1 saturated carbocycles. The molecular weight excluding hydrogens is 590 g/mol. The molecule has 2 heterocycles. The number of carbonyl (C=O) groups excluding carboxylic acids is 1. The number of fused-ring (bicyclic) bond motifs is 3. The Balaban J connectivity index is 1.23. The Kier molecular flexibility index (Phi) is 8.39. The van der Waals surface area contributed by atoms with E-state index in [0.717, 1.165) is 67.4 Å². The maximum Gasteiger partial charge on any atom is 0.337 e. The number of esters is 1. The summed E-state index contributed by atoms with van der Waals surface area (Å²) < 4.78 is 34.9. The number of hydrogen-bond acceptors (Lipinski definition) is 8. The maximum atomic E-state index is 12.5. The molecule has 2 N–H and O–H groups in total. The third-order valence-electron chi connectivity index (χ3n) is 10.0. The fourth-order valence-corrected chi connectivity index (χ4v) is 7.95. The van der Waals surface area contributed by atoms with Crippen LogP contribution in [0.4, 0.5) is 5.69 Å². The average molecular weight is 630 g/mol. The average Bonchev–Trinajstić information content (AvgIpc) is 3.36. The highest BCUT2D eigenvalue weighted by Crippen LogP contribution is 2.47. The van der Waals surface area contributed by atoms with Crippen molar-refractivity contribution in [3.8, 4) is 5.75 Å². The first-order chi connectivity index (χ1) is 20.6. The van der Waals surface area contributed by atoms with Crippen molar-refractivity contribution >= 4 is 39.0 Å². The van der Waals surface area contributed by atoms with E-state index in [0.29, 0.717) is 43.3 Å². The molecule has 11 heteroatoms. The number of sulfonamides is 1. The first-order valence-corrected chi connectivity index (χ1v) is 17.2. The van der Waals surface area contributed by atoms with E-state index >= 15 is 0 Å². The molecule has 2 aromatic carbocycles. The summed E-state index contributed by atoms with van der Waals surface area (Å²) >= 11 is 6.40. The summed E-state index contributed by atoms with van der Waals surface area (Å²) in [4.78, 5) is 20.9. The summed E-state index contributed by atoms with van der Waals surface area (Å²) in [5.41, 5.74) is 4.68. The van der Waals surface area contributed by atoms with Crippen molar-refractivity contribution in [3.63, 3.8) is 0 Å². The molecule has 0 aromatic heterocycles. The lowest BCUT2D eigenvalue weighted by Crippen LogP contribution is -2.49. The van der Waals surface area contributed by atoms with E-state index < -0.39 is 15.3 Å². The highest BCUT2D eigenvalue weighted by atomic mass is 35.5. The molecule has 1 spiro atoms. The van der Waals surface area contributed by atoms with Crippen LogP contribution in [-0.4, -0.2) is 58.3 Å². The Morgan fingerprint density at radius 2 is 2.09 bits per heavy atom. The van der Waals surface area contributed by atoms with Gasteiger partial charge in [0.05, 0.1) is 35.9 Å². The Hall–Kier alpha value is -2.82. The summed E-state index contributed by atoms with van der Waals surface area (Å²) in [6, 6.07) is 11.8. The molecule has 5 atom stereocenters. The quantitative estimate of drug-likeness (QED) is 0.397. The number of benzene rings is 2. The standard InChI is InChI=1S/C32H40ClN3O6S/c1-20(43(34,38)39)5-9-25-16-30(42-35-25)26-10-6-23(26)17-36-18-32(13-3-4-21-14-24(33)8-11-27(21)32)19-41-29-12-7-22(15-28(29)36)31(37)40-2/h7-8,11-12,14-15,20,23,26,30H,3-6,9-10,13,16-19H2,1-2H3,(H2,34,38,39)/t20?,23-,26+,30+,32-/m0/s1. The summed E-state index contributed by atoms with van der Waals surface area (Å²) in [6.07, 6.45) is 6.87. The SMILES string of the molecule is COC(=O)c1ccc2c(c1)N(C[C@@H]1CC[C@H]1[C@H]1CC(CCC(C)S(N)(=O)=O)=NO1)C[C@@]1(CCCc3cc(Cl)ccc31)CO2. The van der Waals surface area contributed by atoms with Gasteiger partial charge in [-0.1, -0.05) is 22.8 Å². The number of nitrogens with zero attached hydrogens (tertiary/aromatic N) is 2. The second-order valence-corrected chi connectivity index (χ2v) is 15.1. The van der Waals surface area contributed by atoms with Crippen LogP contribution in [0.1, 0.15) is 73.4 Å². The van der Waals surface area contributed by atoms with E-state index in [-0.39, 0.29) is 17.5 Å². The van der Waals surface area contributed by atoms with Gasteiger partial charge in [0.15, 0.2) is 0 Å². The smallest absolute Gasteiger partial charge is 0.337 e. The fourth-order valence-electron chi connectivity index (χ4n) is 7.31. The van der Waals surface area contributed by atoms with Gasteiger partial charge in [-0.05, 0) is 99.2 Å². The fraction of sp³-hybridized carbons (Fsp3) is 0.562. The minimum atomic E-state index is -3.56. The predicted molar refractivity (Wildman–Crippen MR) is 166 cm³/mol. The molecule has 43 heavy (non-hydrogen) atoms. The van der Waals surface area contributed by atoms with Crippen LogP contribution >= 0.6 is 11.6 Å². The molecule has 6 rings (SSSR count). The normalized spacial score (nSPS) is 27.1. The number of anilines is 1. The molecule has 0 radical (unpaired) electrons. The van der Waals surface area contributed by atoms with Gasteiger partial charge in [-0.3, -0.25) is 0 Å². The van der Waals surface area contributed by atoms with Crippen molar-refractivity contribution < 1.29 is 27.5 Å². The van der Waals surface area contributed by atoms with E-state index in [1.54, 1.807) is 13.0 Å². The van der Waals surface area contributed by atoms with Gasteiger partial charge < -0.3 is 19.2 Å². The van der Waals surface area contributed by atoms with Crippen molar-refractivity contribution in [2.75, 3.05) is 31.7 Å². The molecule has 2 aliphatic heterocycles. The molecule has 232 valence electrons. The van der Waals surface area contributed by atoms with Gasteiger partial charge in [0.2, 0.25) is 10.0 Å². The first-order valence-electron chi connectivity index (χ1n) is 15.2. The summed E-state index contributed by atoms with van der Waals surface area (Å²) in [5, 5.41) is 9.77. The number of hydrogen-bond donors (Lipinski definition) is 1. The first kappa shape index (κ1) is 30.2. The summed E-state index contributed by atoms with van der Waals surface area (Å²) in [6.45, 7) is 3.75. The minimum absolute atomic E-state index is 0.0193. The lowest BCUT2D eigenvalue weighted by Gasteiger charge is -2.45. The zero-order valence-corrected chi connectivity index (χ0v) is 26.3. The second kappa shape index (κ2) is 11.9. The van der Waals surface area contributed by atoms with Crippen LogP contribution in [0.25, 0.3) is 0 Å². The number of aryl methyl sites for hydroxylation is 1. The molecule has 0 amide bonds. The Bertz CT molecular complexity index is 1530. The number of ether oxygens (including phenoxy) is 2. The van der Waals surface area contributed by atoms with E-state index in [1.807, 2.05) is 18.2 Å². The Morgan fingerprint density at radius 1 is 1.26 bits per heavy atom. The van der Waals surface area contributed by atoms with E-state index in [1.165, 1.54) is 18.2 Å². The lowest BCUT2D eigenvalue weighted by molar-refractivity contribution is -0.0213. The second-order valence-electron chi connectivity index (χ2n) is 12.7. The number of methoxy groups -OCH3 is 1. The molecule has 1 fully saturated rings. The number of nitrogens with two attached hydrogens (primary N) is 1. The van der Waals surface area contributed by atoms with Gasteiger partial charge in [-0.25, -0.2) is 18.4 Å². The van der Waals surface area contributed by atoms with Crippen LogP contribution in [0.15, 0.2) is 41.6 Å². The monoisotopic (exact) mass is 629 g/mol. The third-order valence-corrected chi connectivity index (χ3v) is 11.6. The lowest BCUT2D eigenvalue weighted by atomic mass is 9.68. The van der Waals surface area contributed by atoms with Crippen LogP contribution in [0.3, 0.4) is 0 Å². The zero-order chi connectivity index (χ0) is 30.4. The van der Waals surface area contributed by atoms with E-state index in [9.17, 15) is 13.2 Å². The zero-order valence-electron chi connectivity index (χ0n) is 24.8. The van der Waals surface area contributed by atoms with Crippen LogP contribution in [0.2, 0.25) is 5.02 Å². The summed E-state index contributed by atoms with van der Waals surface area (Å²) in [5.74, 6) is 1.11. The number of primary sulfonamides is 1. The van der Waals surface area contributed by atoms with Gasteiger partial charge in [0, 0.05) is 35.9 Å². The third kappa shape index (κ3) is 6.11. The molecule has 1 unspecified atom stereocenters. The number of oxime groups is 1. The topological polar surface area (TPSA) is 121 Å². The van der Waals surface area contributed by atoms with Crippen molar-refractivity contribution in [2.45, 2.75) is 75.1 Å². The van der Waals surface area contributed by atoms with Crippen molar-refractivity contribution in [2.24, 2.45) is 22.1 Å². The van der Waals surface area contributed by atoms with Crippen LogP contribution in [-0.2, 0) is 31.4 Å². The molecular formula is C32H40ClN3O6S. The van der Waals surface area contributed by atoms with Gasteiger partial charge in [0.25, 0.3) is 0 Å². The Morgan fingerprint density at radius 3 is 2.84 bits per heavy atom. The van der Waals surface area contributed by atoms with Crippen molar-refractivity contribution in [1.29, 1.82) is 0 Å².